The van der Waals surface area contributed by atoms with E-state index in [4.69, 9.17) is 11.6 Å². The third-order valence-corrected chi connectivity index (χ3v) is 4.22. The van der Waals surface area contributed by atoms with Gasteiger partial charge in [-0.3, -0.25) is 14.6 Å². The molecule has 2 aromatic rings. The van der Waals surface area contributed by atoms with E-state index in [0.717, 1.165) is 9.78 Å². The maximum Gasteiger partial charge on any atom is 0.279 e. The fraction of sp³-hybridized carbons (Fsp3) is 0.133. The average Bonchev–Trinajstić information content (AvgIpc) is 3.07. The van der Waals surface area contributed by atoms with Gasteiger partial charge in [0.25, 0.3) is 5.91 Å². The van der Waals surface area contributed by atoms with Gasteiger partial charge in [0, 0.05) is 9.90 Å². The summed E-state index contributed by atoms with van der Waals surface area (Å²) in [6, 6.07) is 10.5. The van der Waals surface area contributed by atoms with Gasteiger partial charge in [-0.25, -0.2) is 4.90 Å². The molecule has 1 aromatic carbocycles. The molecule has 21 heavy (non-hydrogen) atoms. The summed E-state index contributed by atoms with van der Waals surface area (Å²) in [5.41, 5.74) is 0.832. The van der Waals surface area contributed by atoms with Crippen LogP contribution in [0.15, 0.2) is 46.8 Å². The average molecular weight is 319 g/mol. The number of carbonyl (C=O) groups excluding carboxylic acids is 2. The largest absolute Gasteiger partial charge is 0.279 e. The number of halogens is 1. The lowest BCUT2D eigenvalue weighted by molar-refractivity contribution is -0.120. The first-order valence-electron chi connectivity index (χ1n) is 6.34. The summed E-state index contributed by atoms with van der Waals surface area (Å²) in [4.78, 5) is 30.8. The van der Waals surface area contributed by atoms with Crippen molar-refractivity contribution in [2.75, 3.05) is 4.90 Å². The van der Waals surface area contributed by atoms with Crippen LogP contribution in [0.1, 0.15) is 11.3 Å². The third kappa shape index (κ3) is 2.89. The summed E-state index contributed by atoms with van der Waals surface area (Å²) in [7, 11) is 0. The van der Waals surface area contributed by atoms with Gasteiger partial charge in [0.05, 0.1) is 18.7 Å². The van der Waals surface area contributed by atoms with Gasteiger partial charge in [-0.05, 0) is 35.7 Å². The summed E-state index contributed by atoms with van der Waals surface area (Å²) in [6.45, 7) is 0.431. The lowest BCUT2D eigenvalue weighted by Crippen LogP contribution is -2.30. The number of carbonyl (C=O) groups is 2. The Morgan fingerprint density at radius 3 is 2.62 bits per heavy atom. The van der Waals surface area contributed by atoms with E-state index < -0.39 is 0 Å². The number of amides is 2. The summed E-state index contributed by atoms with van der Waals surface area (Å²) < 4.78 is 0. The first-order valence-corrected chi connectivity index (χ1v) is 7.59. The molecule has 1 aliphatic heterocycles. The molecule has 4 nitrogen and oxygen atoms in total. The normalized spacial score (nSPS) is 17.0. The number of imide groups is 1. The molecule has 6 heteroatoms. The Morgan fingerprint density at radius 1 is 1.19 bits per heavy atom. The molecule has 0 radical (unpaired) electrons. The van der Waals surface area contributed by atoms with Gasteiger partial charge in [0.1, 0.15) is 5.71 Å². The zero-order chi connectivity index (χ0) is 14.8. The van der Waals surface area contributed by atoms with E-state index in [0.29, 0.717) is 23.0 Å². The van der Waals surface area contributed by atoms with Crippen molar-refractivity contribution in [3.63, 3.8) is 0 Å². The summed E-state index contributed by atoms with van der Waals surface area (Å²) in [6.07, 6.45) is 0.0484. The Balaban J connectivity index is 1.82. The van der Waals surface area contributed by atoms with Crippen LogP contribution >= 0.6 is 22.9 Å². The molecular formula is C15H11ClN2O2S. The van der Waals surface area contributed by atoms with Gasteiger partial charge >= 0.3 is 0 Å². The van der Waals surface area contributed by atoms with Crippen LogP contribution in [0.4, 0.5) is 5.69 Å². The minimum absolute atomic E-state index is 0.0484. The van der Waals surface area contributed by atoms with Crippen molar-refractivity contribution in [2.45, 2.75) is 13.0 Å². The molecule has 106 valence electrons. The molecule has 0 bridgehead atoms. The number of hydrogen-bond acceptors (Lipinski definition) is 4. The van der Waals surface area contributed by atoms with Gasteiger partial charge in [0.15, 0.2) is 0 Å². The third-order valence-electron chi connectivity index (χ3n) is 3.11. The molecule has 1 saturated heterocycles. The van der Waals surface area contributed by atoms with Gasteiger partial charge in [-0.15, -0.1) is 11.3 Å². The highest BCUT2D eigenvalue weighted by atomic mass is 35.5. The van der Waals surface area contributed by atoms with E-state index in [1.807, 2.05) is 17.5 Å². The van der Waals surface area contributed by atoms with Crippen LogP contribution in [0.25, 0.3) is 0 Å². The second-order valence-corrected chi connectivity index (χ2v) is 6.00. The minimum atomic E-state index is -0.348. The van der Waals surface area contributed by atoms with Crippen LogP contribution in [0.5, 0.6) is 0 Å². The minimum Gasteiger partial charge on any atom is -0.278 e. The SMILES string of the molecule is O=C1CC(=NCc2cccs2)C(=O)N1c1ccc(Cl)cc1. The predicted molar refractivity (Wildman–Crippen MR) is 84.0 cm³/mol. The molecule has 1 aromatic heterocycles. The number of aliphatic imine (C=N–C) groups is 1. The molecule has 3 rings (SSSR count). The fourth-order valence-corrected chi connectivity index (χ4v) is 2.85. The molecule has 1 aliphatic rings. The predicted octanol–water partition coefficient (Wildman–Crippen LogP) is 3.31. The molecule has 0 aliphatic carbocycles. The Bertz CT molecular complexity index is 708. The van der Waals surface area contributed by atoms with E-state index in [9.17, 15) is 9.59 Å². The molecule has 0 saturated carbocycles. The monoisotopic (exact) mass is 318 g/mol. The molecule has 0 unspecified atom stereocenters. The number of thiophene rings is 1. The van der Waals surface area contributed by atoms with E-state index >= 15 is 0 Å². The molecule has 1 fully saturated rings. The van der Waals surface area contributed by atoms with Crippen molar-refractivity contribution in [2.24, 2.45) is 4.99 Å². The number of hydrogen-bond donors (Lipinski definition) is 0. The number of anilines is 1. The van der Waals surface area contributed by atoms with E-state index in [1.54, 1.807) is 35.6 Å². The van der Waals surface area contributed by atoms with Crippen molar-refractivity contribution in [3.8, 4) is 0 Å². The first kappa shape index (κ1) is 14.0. The first-order chi connectivity index (χ1) is 10.1. The number of nitrogens with zero attached hydrogens (tertiary/aromatic N) is 2. The van der Waals surface area contributed by atoms with Crippen LogP contribution in [-0.2, 0) is 16.1 Å². The second kappa shape index (κ2) is 5.79. The lowest BCUT2D eigenvalue weighted by atomic mass is 10.3. The summed E-state index contributed by atoms with van der Waals surface area (Å²) in [5, 5.41) is 2.52. The van der Waals surface area contributed by atoms with Crippen LogP contribution in [0.2, 0.25) is 5.02 Å². The standard InChI is InChI=1S/C15H11ClN2O2S/c16-10-3-5-11(6-4-10)18-14(19)8-13(15(18)20)17-9-12-2-1-7-21-12/h1-7H,8-9H2. The van der Waals surface area contributed by atoms with Crippen molar-refractivity contribution in [1.29, 1.82) is 0 Å². The smallest absolute Gasteiger partial charge is 0.278 e. The molecule has 2 heterocycles. The fourth-order valence-electron chi connectivity index (χ4n) is 2.09. The van der Waals surface area contributed by atoms with Crippen molar-refractivity contribution in [1.82, 2.24) is 0 Å². The Morgan fingerprint density at radius 2 is 1.95 bits per heavy atom. The van der Waals surface area contributed by atoms with Crippen LogP contribution in [-0.4, -0.2) is 17.5 Å². The Labute approximate surface area is 130 Å². The molecular weight excluding hydrogens is 308 g/mol. The van der Waals surface area contributed by atoms with Gasteiger partial charge < -0.3 is 0 Å². The zero-order valence-corrected chi connectivity index (χ0v) is 12.5. The number of rotatable bonds is 3. The van der Waals surface area contributed by atoms with Crippen LogP contribution in [0.3, 0.4) is 0 Å². The second-order valence-electron chi connectivity index (χ2n) is 4.53. The van der Waals surface area contributed by atoms with Crippen molar-refractivity contribution >= 4 is 46.2 Å². The van der Waals surface area contributed by atoms with Gasteiger partial charge in [0.2, 0.25) is 5.91 Å². The quantitative estimate of drug-likeness (QED) is 0.815. The van der Waals surface area contributed by atoms with Gasteiger partial charge in [-0.2, -0.15) is 0 Å². The summed E-state index contributed by atoms with van der Waals surface area (Å²) >= 11 is 7.39. The topological polar surface area (TPSA) is 49.7 Å². The van der Waals surface area contributed by atoms with E-state index in [1.165, 1.54) is 0 Å². The van der Waals surface area contributed by atoms with Gasteiger partial charge in [-0.1, -0.05) is 17.7 Å². The lowest BCUT2D eigenvalue weighted by Gasteiger charge is -2.12. The molecule has 2 amide bonds. The highest BCUT2D eigenvalue weighted by Crippen LogP contribution is 2.23. The number of benzene rings is 1. The highest BCUT2D eigenvalue weighted by molar-refractivity contribution is 7.09. The van der Waals surface area contributed by atoms with E-state index in [2.05, 4.69) is 4.99 Å². The molecule has 0 atom stereocenters. The maximum absolute atomic E-state index is 12.3. The zero-order valence-electron chi connectivity index (χ0n) is 11.0. The Kier molecular flexibility index (Phi) is 3.86. The van der Waals surface area contributed by atoms with Crippen molar-refractivity contribution < 1.29 is 9.59 Å². The summed E-state index contributed by atoms with van der Waals surface area (Å²) in [5.74, 6) is -0.605. The Hall–Kier alpha value is -1.98. The highest BCUT2D eigenvalue weighted by Gasteiger charge is 2.36. The van der Waals surface area contributed by atoms with E-state index in [-0.39, 0.29) is 18.2 Å². The van der Waals surface area contributed by atoms with Crippen LogP contribution in [0, 0.1) is 0 Å². The molecule has 0 spiro atoms. The van der Waals surface area contributed by atoms with Crippen LogP contribution < -0.4 is 4.90 Å². The maximum atomic E-state index is 12.3. The van der Waals surface area contributed by atoms with Crippen molar-refractivity contribution in [3.05, 3.63) is 51.7 Å². The molecule has 0 N–H and O–H groups in total.